The second-order valence-electron chi connectivity index (χ2n) is 10.9. The third-order valence-electron chi connectivity index (χ3n) is 7.58. The zero-order valence-electron chi connectivity index (χ0n) is 22.8. The molecule has 0 saturated heterocycles. The smallest absolute Gasteiger partial charge is 1.00 e. The van der Waals surface area contributed by atoms with Gasteiger partial charge in [0.1, 0.15) is 0 Å². The van der Waals surface area contributed by atoms with Gasteiger partial charge in [-0.15, -0.1) is 33.4 Å². The van der Waals surface area contributed by atoms with Crippen molar-refractivity contribution in [3.8, 4) is 0 Å². The fraction of sp³-hybridized carbons (Fsp3) is 0.167. The van der Waals surface area contributed by atoms with E-state index in [0.717, 1.165) is 6.42 Å². The molecule has 39 heavy (non-hydrogen) atoms. The fourth-order valence-corrected chi connectivity index (χ4v) is 5.62. The Morgan fingerprint density at radius 3 is 1.82 bits per heavy atom. The summed E-state index contributed by atoms with van der Waals surface area (Å²) in [6.45, 7) is 9.25. The second kappa shape index (κ2) is 12.4. The van der Waals surface area contributed by atoms with Crippen LogP contribution in [0.1, 0.15) is 56.4 Å². The molecule has 4 aromatic carbocycles. The molecule has 2 aliphatic carbocycles. The van der Waals surface area contributed by atoms with Gasteiger partial charge >= 0.3 is 26.2 Å². The molecule has 0 N–H and O–H groups in total. The van der Waals surface area contributed by atoms with Gasteiger partial charge in [-0.1, -0.05) is 140 Å². The molecule has 0 spiro atoms. The van der Waals surface area contributed by atoms with Crippen molar-refractivity contribution in [1.29, 1.82) is 0 Å². The Labute approximate surface area is 263 Å². The molecular formula is C36H31Cl2Zr. The van der Waals surface area contributed by atoms with Crippen molar-refractivity contribution in [2.75, 3.05) is 0 Å². The van der Waals surface area contributed by atoms with Gasteiger partial charge in [-0.2, -0.15) is 0 Å². The first-order valence-electron chi connectivity index (χ1n) is 12.8. The van der Waals surface area contributed by atoms with Gasteiger partial charge in [0, 0.05) is 0 Å². The van der Waals surface area contributed by atoms with E-state index < -0.39 is 0 Å². The molecule has 2 aliphatic rings. The van der Waals surface area contributed by atoms with Gasteiger partial charge in [-0.05, 0) is 40.7 Å². The van der Waals surface area contributed by atoms with Crippen LogP contribution in [0.4, 0.5) is 0 Å². The fourth-order valence-electron chi connectivity index (χ4n) is 5.62. The summed E-state index contributed by atoms with van der Waals surface area (Å²) in [5.41, 5.74) is 10.7. The van der Waals surface area contributed by atoms with Gasteiger partial charge < -0.3 is 24.8 Å². The SMILES string of the molecule is CC1=C(c2c3c(ccc2=C(c2ccccc2)c2ccccc2)=c2ccccc2=[C-]3)CC(C(C)(C)C)=C1.[Cl-].[Cl-].[Zr+3]. The topological polar surface area (TPSA) is 0 Å². The molecule has 0 unspecified atom stereocenters. The number of allylic oxidation sites excluding steroid dienone is 4. The van der Waals surface area contributed by atoms with Crippen LogP contribution in [0.3, 0.4) is 0 Å². The van der Waals surface area contributed by atoms with Crippen LogP contribution in [0.15, 0.2) is 114 Å². The number of hydrogen-bond donors (Lipinski definition) is 0. The minimum atomic E-state index is 0. The summed E-state index contributed by atoms with van der Waals surface area (Å²) < 4.78 is 0. The summed E-state index contributed by atoms with van der Waals surface area (Å²) in [5, 5.41) is 5.03. The maximum atomic E-state index is 3.83. The van der Waals surface area contributed by atoms with E-state index in [0.29, 0.717) is 0 Å². The van der Waals surface area contributed by atoms with E-state index in [2.05, 4.69) is 137 Å². The van der Waals surface area contributed by atoms with E-state index in [4.69, 9.17) is 0 Å². The van der Waals surface area contributed by atoms with Crippen molar-refractivity contribution < 1.29 is 51.0 Å². The van der Waals surface area contributed by atoms with Crippen LogP contribution in [-0.4, -0.2) is 0 Å². The summed E-state index contributed by atoms with van der Waals surface area (Å²) >= 11 is 0. The zero-order chi connectivity index (χ0) is 24.9. The largest absolute Gasteiger partial charge is 3.00 e. The Morgan fingerprint density at radius 2 is 1.26 bits per heavy atom. The molecule has 0 amide bonds. The number of rotatable bonds is 3. The molecule has 0 aliphatic heterocycles. The van der Waals surface area contributed by atoms with Crippen LogP contribution in [0, 0.1) is 15.9 Å². The van der Waals surface area contributed by atoms with E-state index in [1.165, 1.54) is 65.4 Å². The quantitative estimate of drug-likeness (QED) is 0.266. The third-order valence-corrected chi connectivity index (χ3v) is 7.58. The molecule has 1 radical (unpaired) electrons. The first-order chi connectivity index (χ1) is 17.4. The zero-order valence-corrected chi connectivity index (χ0v) is 26.7. The molecule has 3 heteroatoms. The Bertz CT molecular complexity index is 1730. The number of benzene rings is 4. The normalized spacial score (nSPS) is 13.2. The standard InChI is InChI=1S/C36H31.2ClH.Zr/c1-24-21-28(36(2,3)4)23-32(24)35-31(20-19-30-29-18-12-11-17-27(29)22-33(30)35)34(25-13-7-5-8-14-25)26-15-9-6-10-16-26;;;/h5-21H,23H2,1-4H3;2*1H;/q-1;;;+3/p-2. The van der Waals surface area contributed by atoms with Crippen LogP contribution in [-0.2, 0) is 26.2 Å². The van der Waals surface area contributed by atoms with Gasteiger partial charge in [0.25, 0.3) is 0 Å². The van der Waals surface area contributed by atoms with Crippen LogP contribution in [0.5, 0.6) is 0 Å². The van der Waals surface area contributed by atoms with Crippen molar-refractivity contribution in [3.05, 3.63) is 157 Å². The molecular weight excluding hydrogens is 595 g/mol. The molecule has 0 bridgehead atoms. The van der Waals surface area contributed by atoms with Crippen molar-refractivity contribution in [3.63, 3.8) is 0 Å². The van der Waals surface area contributed by atoms with E-state index in [1.807, 2.05) is 0 Å². The molecule has 6 rings (SSSR count). The third kappa shape index (κ3) is 5.74. The van der Waals surface area contributed by atoms with E-state index >= 15 is 0 Å². The van der Waals surface area contributed by atoms with Gasteiger partial charge in [0.05, 0.1) is 0 Å². The van der Waals surface area contributed by atoms with Crippen LogP contribution < -0.4 is 35.3 Å². The van der Waals surface area contributed by atoms with Crippen LogP contribution in [0.2, 0.25) is 0 Å². The molecule has 0 fully saturated rings. The van der Waals surface area contributed by atoms with Crippen molar-refractivity contribution in [2.45, 2.75) is 34.1 Å². The predicted molar refractivity (Wildman–Crippen MR) is 152 cm³/mol. The van der Waals surface area contributed by atoms with Gasteiger partial charge in [0.15, 0.2) is 0 Å². The minimum Gasteiger partial charge on any atom is -1.00 e. The van der Waals surface area contributed by atoms with Crippen molar-refractivity contribution in [1.82, 2.24) is 0 Å². The Kier molecular flexibility index (Phi) is 9.88. The average molecular weight is 626 g/mol. The van der Waals surface area contributed by atoms with E-state index in [-0.39, 0.29) is 56.4 Å². The van der Waals surface area contributed by atoms with Crippen LogP contribution in [0.25, 0.3) is 17.2 Å². The summed E-state index contributed by atoms with van der Waals surface area (Å²) in [6, 6.07) is 35.0. The number of halogens is 2. The van der Waals surface area contributed by atoms with Gasteiger partial charge in [-0.25, -0.2) is 0 Å². The van der Waals surface area contributed by atoms with Gasteiger partial charge in [-0.3, -0.25) is 0 Å². The van der Waals surface area contributed by atoms with Crippen molar-refractivity contribution in [2.24, 2.45) is 5.41 Å². The molecule has 0 saturated carbocycles. The molecule has 0 heterocycles. The first kappa shape index (κ1) is 31.1. The van der Waals surface area contributed by atoms with Crippen molar-refractivity contribution >= 4 is 17.2 Å². The Balaban J connectivity index is 0.00000140. The predicted octanol–water partition coefficient (Wildman–Crippen LogP) is 1.40. The molecule has 4 aromatic rings. The maximum Gasteiger partial charge on any atom is 3.00 e. The monoisotopic (exact) mass is 623 g/mol. The molecule has 0 nitrogen and oxygen atoms in total. The number of fused-ring (bicyclic) bond motifs is 2. The van der Waals surface area contributed by atoms with E-state index in [1.54, 1.807) is 0 Å². The van der Waals surface area contributed by atoms with Gasteiger partial charge in [0.2, 0.25) is 0 Å². The summed E-state index contributed by atoms with van der Waals surface area (Å²) in [4.78, 5) is 0. The number of hydrogen-bond acceptors (Lipinski definition) is 0. The Morgan fingerprint density at radius 1 is 0.692 bits per heavy atom. The molecule has 193 valence electrons. The first-order valence-corrected chi connectivity index (χ1v) is 12.8. The average Bonchev–Trinajstić information content (AvgIpc) is 3.46. The second-order valence-corrected chi connectivity index (χ2v) is 10.9. The Hall–Kier alpha value is -2.44. The summed E-state index contributed by atoms with van der Waals surface area (Å²) in [5.74, 6) is 0. The van der Waals surface area contributed by atoms with Crippen LogP contribution >= 0.6 is 0 Å². The summed E-state index contributed by atoms with van der Waals surface area (Å²) in [7, 11) is 0. The summed E-state index contributed by atoms with van der Waals surface area (Å²) in [6.07, 6.45) is 7.23. The van der Waals surface area contributed by atoms with E-state index in [9.17, 15) is 0 Å². The molecule has 0 atom stereocenters. The maximum absolute atomic E-state index is 3.83. The minimum absolute atomic E-state index is 0. The molecule has 0 aromatic heterocycles.